The highest BCUT2D eigenvalue weighted by atomic mass is 19.4. The molecule has 0 aromatic rings. The smallest absolute Gasteiger partial charge is 0.193 e. The Morgan fingerprint density at radius 1 is 1.45 bits per heavy atom. The van der Waals surface area contributed by atoms with Crippen LogP contribution in [0.1, 0.15) is 6.92 Å². The van der Waals surface area contributed by atoms with E-state index in [9.17, 15) is 17.6 Å². The third-order valence-electron chi connectivity index (χ3n) is 0.404. The fraction of sp³-hybridized carbons (Fsp3) is 0.286. The maximum absolute atomic E-state index is 11.3. The van der Waals surface area contributed by atoms with Crippen LogP contribution in [0.15, 0.2) is 30.8 Å². The van der Waals surface area contributed by atoms with Crippen LogP contribution in [-0.4, -0.2) is 6.18 Å². The van der Waals surface area contributed by atoms with Crippen LogP contribution in [0.5, 0.6) is 0 Å². The standard InChI is InChI=1S/C4H2F4.C3H6/c1-2-3(5)4(6,7)8;1-3-2/h1H2;3H,1H2,2H3. The van der Waals surface area contributed by atoms with E-state index in [0.29, 0.717) is 0 Å². The molecular formula is C7H8F4. The number of allylic oxidation sites excluding steroid dienone is 2. The van der Waals surface area contributed by atoms with Gasteiger partial charge >= 0.3 is 6.18 Å². The zero-order chi connectivity index (χ0) is 9.49. The molecule has 64 valence electrons. The van der Waals surface area contributed by atoms with Crippen LogP contribution in [0, 0.1) is 0 Å². The Morgan fingerprint density at radius 3 is 1.73 bits per heavy atom. The minimum absolute atomic E-state index is 1.08. The van der Waals surface area contributed by atoms with Gasteiger partial charge in [0.2, 0.25) is 5.83 Å². The fourth-order valence-electron chi connectivity index (χ4n) is 0.100. The van der Waals surface area contributed by atoms with E-state index in [-0.39, 0.29) is 0 Å². The normalized spacial score (nSPS) is 8.82. The molecule has 0 aliphatic carbocycles. The molecule has 0 aliphatic heterocycles. The van der Waals surface area contributed by atoms with Crippen molar-refractivity contribution in [3.05, 3.63) is 30.8 Å². The zero-order valence-electron chi connectivity index (χ0n) is 6.00. The molecule has 0 unspecified atom stereocenters. The number of rotatable bonds is 0. The Balaban J connectivity index is 0. The first kappa shape index (κ1) is 12.6. The van der Waals surface area contributed by atoms with E-state index in [1.165, 1.54) is 0 Å². The molecule has 0 atom stereocenters. The maximum atomic E-state index is 11.3. The highest BCUT2D eigenvalue weighted by Crippen LogP contribution is 2.24. The van der Waals surface area contributed by atoms with E-state index in [2.05, 4.69) is 13.2 Å². The van der Waals surface area contributed by atoms with Gasteiger partial charge in [-0.15, -0.1) is 6.58 Å². The van der Waals surface area contributed by atoms with Gasteiger partial charge in [-0.05, 0) is 6.92 Å². The van der Waals surface area contributed by atoms with Crippen molar-refractivity contribution in [3.8, 4) is 0 Å². The van der Waals surface area contributed by atoms with Crippen molar-refractivity contribution in [2.24, 2.45) is 0 Å². The van der Waals surface area contributed by atoms with Crippen LogP contribution >= 0.6 is 0 Å². The van der Waals surface area contributed by atoms with Crippen molar-refractivity contribution in [3.63, 3.8) is 0 Å². The predicted octanol–water partition coefficient (Wildman–Crippen LogP) is 3.38. The van der Waals surface area contributed by atoms with Crippen LogP contribution in [0.25, 0.3) is 0 Å². The van der Waals surface area contributed by atoms with Crippen molar-refractivity contribution in [1.29, 1.82) is 0 Å². The summed E-state index contributed by atoms with van der Waals surface area (Å²) in [5.41, 5.74) is 1.08. The monoisotopic (exact) mass is 168 g/mol. The summed E-state index contributed by atoms with van der Waals surface area (Å²) in [4.78, 5) is 0. The van der Waals surface area contributed by atoms with Crippen molar-refractivity contribution in [2.75, 3.05) is 0 Å². The van der Waals surface area contributed by atoms with Crippen molar-refractivity contribution < 1.29 is 17.6 Å². The van der Waals surface area contributed by atoms with Gasteiger partial charge in [0.1, 0.15) is 0 Å². The lowest BCUT2D eigenvalue weighted by molar-refractivity contribution is -0.108. The third kappa shape index (κ3) is 8.98. The molecule has 11 heavy (non-hydrogen) atoms. The summed E-state index contributed by atoms with van der Waals surface area (Å²) in [6.45, 7) is 7.72. The Bertz CT molecular complexity index is 160. The van der Waals surface area contributed by atoms with Crippen molar-refractivity contribution in [1.82, 2.24) is 0 Å². The zero-order valence-corrected chi connectivity index (χ0v) is 6.00. The van der Waals surface area contributed by atoms with E-state index in [0.717, 1.165) is 5.73 Å². The van der Waals surface area contributed by atoms with Gasteiger partial charge in [0, 0.05) is 0 Å². The lowest BCUT2D eigenvalue weighted by Crippen LogP contribution is -2.06. The summed E-state index contributed by atoms with van der Waals surface area (Å²) >= 11 is 0. The van der Waals surface area contributed by atoms with Gasteiger partial charge < -0.3 is 0 Å². The molecule has 0 nitrogen and oxygen atoms in total. The van der Waals surface area contributed by atoms with E-state index in [1.54, 1.807) is 6.08 Å². The molecule has 0 aromatic carbocycles. The van der Waals surface area contributed by atoms with Crippen molar-refractivity contribution in [2.45, 2.75) is 13.1 Å². The van der Waals surface area contributed by atoms with Crippen LogP contribution in [0.2, 0.25) is 0 Å². The molecule has 0 fully saturated rings. The molecule has 0 amide bonds. The molecule has 0 saturated heterocycles. The summed E-state index contributed by atoms with van der Waals surface area (Å²) in [6.07, 6.45) is -3.16. The quantitative estimate of drug-likeness (QED) is 0.295. The van der Waals surface area contributed by atoms with Gasteiger partial charge in [0.15, 0.2) is 0 Å². The Morgan fingerprint density at radius 2 is 1.73 bits per heavy atom. The highest BCUT2D eigenvalue weighted by molar-refractivity contribution is 4.94. The predicted molar refractivity (Wildman–Crippen MR) is 35.7 cm³/mol. The number of hydrogen-bond acceptors (Lipinski definition) is 0. The van der Waals surface area contributed by atoms with E-state index >= 15 is 0 Å². The number of halogens is 4. The number of hydrogen-bond donors (Lipinski definition) is 0. The second-order valence-electron chi connectivity index (χ2n) is 1.40. The minimum atomic E-state index is -4.91. The second kappa shape index (κ2) is 5.74. The summed E-state index contributed by atoms with van der Waals surface area (Å²) in [5.74, 6) is -2.28. The molecule has 0 aromatic heterocycles. The van der Waals surface area contributed by atoms with Crippen molar-refractivity contribution >= 4 is 0 Å². The van der Waals surface area contributed by atoms with Gasteiger partial charge in [-0.3, -0.25) is 0 Å². The molecule has 0 bridgehead atoms. The summed E-state index contributed by atoms with van der Waals surface area (Å²) in [5, 5.41) is 0. The summed E-state index contributed by atoms with van der Waals surface area (Å²) in [7, 11) is 0. The van der Waals surface area contributed by atoms with Gasteiger partial charge in [0.25, 0.3) is 0 Å². The molecular weight excluding hydrogens is 160 g/mol. The topological polar surface area (TPSA) is 0 Å². The molecule has 0 N–H and O–H groups in total. The Kier molecular flexibility index (Phi) is 6.60. The first-order valence-corrected chi connectivity index (χ1v) is 2.60. The van der Waals surface area contributed by atoms with Crippen LogP contribution in [-0.2, 0) is 0 Å². The molecule has 0 heterocycles. The maximum Gasteiger partial charge on any atom is 0.450 e. The van der Waals surface area contributed by atoms with Gasteiger partial charge in [0.05, 0.1) is 0 Å². The molecule has 0 saturated carbocycles. The minimum Gasteiger partial charge on any atom is -0.193 e. The first-order valence-electron chi connectivity index (χ1n) is 2.60. The van der Waals surface area contributed by atoms with Gasteiger partial charge in [-0.25, -0.2) is 0 Å². The lowest BCUT2D eigenvalue weighted by atomic mass is 10.5. The molecule has 0 spiro atoms. The van der Waals surface area contributed by atoms with Crippen LogP contribution < -0.4 is 0 Å². The first-order chi connectivity index (χ1) is 4.90. The van der Waals surface area contributed by atoms with Crippen LogP contribution in [0.4, 0.5) is 17.6 Å². The third-order valence-corrected chi connectivity index (χ3v) is 0.404. The highest BCUT2D eigenvalue weighted by Gasteiger charge is 2.34. The molecule has 0 radical (unpaired) electrons. The molecule has 0 rings (SSSR count). The van der Waals surface area contributed by atoms with Gasteiger partial charge in [-0.2, -0.15) is 17.6 Å². The van der Waals surface area contributed by atoms with Gasteiger partial charge in [-0.1, -0.05) is 18.4 Å². The molecule has 0 aliphatic rings. The summed E-state index contributed by atoms with van der Waals surface area (Å²) in [6, 6.07) is 0. The molecule has 4 heteroatoms. The lowest BCUT2D eigenvalue weighted by Gasteiger charge is -1.96. The number of alkyl halides is 3. The largest absolute Gasteiger partial charge is 0.450 e. The van der Waals surface area contributed by atoms with E-state index < -0.39 is 12.0 Å². The Labute approximate surface area is 62.5 Å². The SMILES string of the molecule is C=C=C(F)C(F)(F)F.C=CC. The Hall–Kier alpha value is -1.02. The van der Waals surface area contributed by atoms with E-state index in [4.69, 9.17) is 0 Å². The van der Waals surface area contributed by atoms with E-state index in [1.807, 2.05) is 6.92 Å². The second-order valence-corrected chi connectivity index (χ2v) is 1.40. The summed E-state index contributed by atoms with van der Waals surface area (Å²) < 4.78 is 44.1. The van der Waals surface area contributed by atoms with Crippen LogP contribution in [0.3, 0.4) is 0 Å². The average molecular weight is 168 g/mol. The fourth-order valence-corrected chi connectivity index (χ4v) is 0.100. The average Bonchev–Trinajstić information content (AvgIpc) is 1.86.